The summed E-state index contributed by atoms with van der Waals surface area (Å²) in [5.74, 6) is -0.184. The number of para-hydroxylation sites is 1. The van der Waals surface area contributed by atoms with E-state index in [9.17, 15) is 4.79 Å². The van der Waals surface area contributed by atoms with E-state index in [1.807, 2.05) is 36.4 Å². The average molecular weight is 200 g/mol. The van der Waals surface area contributed by atoms with Crippen LogP contribution in [0.25, 0.3) is 0 Å². The summed E-state index contributed by atoms with van der Waals surface area (Å²) < 4.78 is 0. The van der Waals surface area contributed by atoms with Gasteiger partial charge in [0.05, 0.1) is 12.5 Å². The molecule has 0 fully saturated rings. The first-order chi connectivity index (χ1) is 7.29. The molecule has 0 spiro atoms. The van der Waals surface area contributed by atoms with E-state index in [2.05, 4.69) is 6.58 Å². The fraction of sp³-hybridized carbons (Fsp3) is 0.167. The average Bonchev–Trinajstić information content (AvgIpc) is 2.30. The summed E-state index contributed by atoms with van der Waals surface area (Å²) in [4.78, 5) is 13.1. The van der Waals surface area contributed by atoms with E-state index < -0.39 is 0 Å². The normalized spacial score (nSPS) is 9.00. The van der Waals surface area contributed by atoms with Gasteiger partial charge in [-0.25, -0.2) is 0 Å². The minimum absolute atomic E-state index is 0.184. The molecule has 0 unspecified atom stereocenters. The molecule has 0 radical (unpaired) electrons. The molecule has 3 heteroatoms. The maximum atomic E-state index is 11.5. The van der Waals surface area contributed by atoms with Crippen LogP contribution in [0.4, 0.5) is 5.69 Å². The molecule has 1 aromatic rings. The highest BCUT2D eigenvalue weighted by molar-refractivity contribution is 6.01. The van der Waals surface area contributed by atoms with Gasteiger partial charge in [-0.05, 0) is 18.2 Å². The molecule has 1 amide bonds. The lowest BCUT2D eigenvalue weighted by molar-refractivity contribution is -0.114. The molecule has 3 nitrogen and oxygen atoms in total. The van der Waals surface area contributed by atoms with E-state index in [1.54, 1.807) is 0 Å². The quantitative estimate of drug-likeness (QED) is 0.699. The van der Waals surface area contributed by atoms with Crippen LogP contribution in [-0.4, -0.2) is 12.5 Å². The monoisotopic (exact) mass is 200 g/mol. The van der Waals surface area contributed by atoms with Gasteiger partial charge in [0.15, 0.2) is 0 Å². The van der Waals surface area contributed by atoms with Crippen LogP contribution in [0.1, 0.15) is 6.42 Å². The molecular weight excluding hydrogens is 188 g/mol. The summed E-state index contributed by atoms with van der Waals surface area (Å²) in [5.41, 5.74) is 0.789. The molecule has 76 valence electrons. The summed E-state index contributed by atoms with van der Waals surface area (Å²) in [6.07, 6.45) is 1.57. The van der Waals surface area contributed by atoms with E-state index in [-0.39, 0.29) is 5.91 Å². The van der Waals surface area contributed by atoms with Crippen LogP contribution < -0.4 is 4.90 Å². The fourth-order valence-corrected chi connectivity index (χ4v) is 1.25. The van der Waals surface area contributed by atoms with Crippen molar-refractivity contribution in [1.29, 1.82) is 5.26 Å². The first-order valence-corrected chi connectivity index (χ1v) is 4.65. The summed E-state index contributed by atoms with van der Waals surface area (Å²) in [6.45, 7) is 3.84. The highest BCUT2D eigenvalue weighted by Crippen LogP contribution is 2.13. The Morgan fingerprint density at radius 1 is 1.47 bits per heavy atom. The van der Waals surface area contributed by atoms with Crippen molar-refractivity contribution in [3.05, 3.63) is 43.0 Å². The number of hydrogen-bond acceptors (Lipinski definition) is 2. The third kappa shape index (κ3) is 2.96. The van der Waals surface area contributed by atoms with E-state index in [1.165, 1.54) is 11.0 Å². The number of benzene rings is 1. The van der Waals surface area contributed by atoms with Gasteiger partial charge in [0.1, 0.15) is 0 Å². The number of amides is 1. The Bertz CT molecular complexity index is 378. The van der Waals surface area contributed by atoms with Crippen LogP contribution in [0.3, 0.4) is 0 Å². The molecule has 1 rings (SSSR count). The lowest BCUT2D eigenvalue weighted by Gasteiger charge is -2.19. The van der Waals surface area contributed by atoms with Gasteiger partial charge in [-0.15, -0.1) is 0 Å². The third-order valence-corrected chi connectivity index (χ3v) is 1.96. The maximum absolute atomic E-state index is 11.5. The smallest absolute Gasteiger partial charge is 0.250 e. The summed E-state index contributed by atoms with van der Waals surface area (Å²) in [5, 5.41) is 8.50. The Kier molecular flexibility index (Phi) is 4.11. The first kappa shape index (κ1) is 11.0. The van der Waals surface area contributed by atoms with Crippen LogP contribution in [0.2, 0.25) is 0 Å². The third-order valence-electron chi connectivity index (χ3n) is 1.96. The molecule has 0 N–H and O–H groups in total. The number of anilines is 1. The molecule has 0 heterocycles. The lowest BCUT2D eigenvalue weighted by atomic mass is 10.2. The Hall–Kier alpha value is -2.08. The number of nitriles is 1. The topological polar surface area (TPSA) is 44.1 Å². The molecule has 0 bridgehead atoms. The number of hydrogen-bond donors (Lipinski definition) is 0. The minimum atomic E-state index is -0.184. The zero-order valence-electron chi connectivity index (χ0n) is 8.39. The highest BCUT2D eigenvalue weighted by Gasteiger charge is 2.11. The molecule has 0 atom stereocenters. The number of carbonyl (C=O) groups is 1. The summed E-state index contributed by atoms with van der Waals surface area (Å²) >= 11 is 0. The minimum Gasteiger partial charge on any atom is -0.308 e. The second kappa shape index (κ2) is 5.61. The summed E-state index contributed by atoms with van der Waals surface area (Å²) in [7, 11) is 0. The number of nitrogens with zero attached hydrogens (tertiary/aromatic N) is 2. The maximum Gasteiger partial charge on any atom is 0.250 e. The molecule has 0 saturated heterocycles. The molecule has 0 aromatic heterocycles. The van der Waals surface area contributed by atoms with Crippen molar-refractivity contribution in [2.75, 3.05) is 11.4 Å². The zero-order valence-corrected chi connectivity index (χ0v) is 8.39. The van der Waals surface area contributed by atoms with Gasteiger partial charge in [0.25, 0.3) is 0 Å². The van der Waals surface area contributed by atoms with Crippen molar-refractivity contribution in [3.63, 3.8) is 0 Å². The molecular formula is C12H12N2O. The van der Waals surface area contributed by atoms with Crippen LogP contribution >= 0.6 is 0 Å². The van der Waals surface area contributed by atoms with Gasteiger partial charge in [0.2, 0.25) is 5.91 Å². The molecule has 0 aliphatic rings. The number of rotatable bonds is 4. The Balaban J connectivity index is 2.87. The van der Waals surface area contributed by atoms with Crippen molar-refractivity contribution in [2.24, 2.45) is 0 Å². The summed E-state index contributed by atoms with van der Waals surface area (Å²) in [6, 6.07) is 11.3. The van der Waals surface area contributed by atoms with Gasteiger partial charge in [-0.2, -0.15) is 5.26 Å². The highest BCUT2D eigenvalue weighted by atomic mass is 16.2. The second-order valence-electron chi connectivity index (χ2n) is 2.94. The predicted octanol–water partition coefficient (Wildman–Crippen LogP) is 2.12. The fourth-order valence-electron chi connectivity index (χ4n) is 1.25. The second-order valence-corrected chi connectivity index (χ2v) is 2.94. The van der Waals surface area contributed by atoms with Crippen molar-refractivity contribution in [1.82, 2.24) is 0 Å². The van der Waals surface area contributed by atoms with Crippen LogP contribution in [-0.2, 0) is 4.79 Å². The van der Waals surface area contributed by atoms with Gasteiger partial charge in [-0.1, -0.05) is 24.8 Å². The van der Waals surface area contributed by atoms with Gasteiger partial charge in [0, 0.05) is 12.2 Å². The predicted molar refractivity (Wildman–Crippen MR) is 59.2 cm³/mol. The molecule has 0 aliphatic carbocycles. The molecule has 15 heavy (non-hydrogen) atoms. The van der Waals surface area contributed by atoms with E-state index in [0.29, 0.717) is 13.0 Å². The van der Waals surface area contributed by atoms with Crippen molar-refractivity contribution < 1.29 is 4.79 Å². The van der Waals surface area contributed by atoms with Crippen LogP contribution in [0, 0.1) is 11.3 Å². The van der Waals surface area contributed by atoms with Crippen LogP contribution in [0.5, 0.6) is 0 Å². The van der Waals surface area contributed by atoms with Gasteiger partial charge in [-0.3, -0.25) is 4.79 Å². The zero-order chi connectivity index (χ0) is 11.1. The van der Waals surface area contributed by atoms with Crippen LogP contribution in [0.15, 0.2) is 43.0 Å². The Morgan fingerprint density at radius 3 is 2.67 bits per heavy atom. The van der Waals surface area contributed by atoms with Gasteiger partial charge < -0.3 is 4.90 Å². The lowest BCUT2D eigenvalue weighted by Crippen LogP contribution is -2.29. The number of carbonyl (C=O) groups excluding carboxylic acids is 1. The first-order valence-electron chi connectivity index (χ1n) is 4.65. The van der Waals surface area contributed by atoms with E-state index in [4.69, 9.17) is 5.26 Å². The Morgan fingerprint density at radius 2 is 2.13 bits per heavy atom. The van der Waals surface area contributed by atoms with Crippen molar-refractivity contribution in [3.8, 4) is 6.07 Å². The largest absolute Gasteiger partial charge is 0.308 e. The van der Waals surface area contributed by atoms with E-state index in [0.717, 1.165) is 5.69 Å². The molecule has 1 aromatic carbocycles. The Labute approximate surface area is 89.2 Å². The van der Waals surface area contributed by atoms with Crippen molar-refractivity contribution in [2.45, 2.75) is 6.42 Å². The van der Waals surface area contributed by atoms with E-state index >= 15 is 0 Å². The molecule has 0 aliphatic heterocycles. The van der Waals surface area contributed by atoms with Gasteiger partial charge >= 0.3 is 0 Å². The SMILES string of the molecule is C=CC(=O)N(CCC#N)c1ccccc1. The van der Waals surface area contributed by atoms with Crippen molar-refractivity contribution >= 4 is 11.6 Å². The standard InChI is InChI=1S/C12H12N2O/c1-2-12(15)14(10-6-9-13)11-7-4-3-5-8-11/h2-5,7-8H,1,6,10H2. The molecule has 0 saturated carbocycles.